The second-order valence-corrected chi connectivity index (χ2v) is 11.9. The molecule has 0 fully saturated rings. The van der Waals surface area contributed by atoms with E-state index in [0.717, 1.165) is 13.8 Å². The summed E-state index contributed by atoms with van der Waals surface area (Å²) in [6.45, 7) is 9.18. The van der Waals surface area contributed by atoms with Crippen LogP contribution in [0.15, 0.2) is 4.90 Å². The Hall–Kier alpha value is -2.47. The Labute approximate surface area is 303 Å². The van der Waals surface area contributed by atoms with Gasteiger partial charge in [-0.05, 0) is 13.8 Å². The lowest BCUT2D eigenvalue weighted by molar-refractivity contribution is -0.136. The van der Waals surface area contributed by atoms with Gasteiger partial charge in [-0.3, -0.25) is 14.1 Å². The predicted molar refractivity (Wildman–Crippen MR) is 178 cm³/mol. The number of primary amides is 1. The fourth-order valence-electron chi connectivity index (χ4n) is 3.87. The van der Waals surface area contributed by atoms with Gasteiger partial charge in [0.2, 0.25) is 5.91 Å². The van der Waals surface area contributed by atoms with Crippen LogP contribution < -0.4 is 10.5 Å². The lowest BCUT2D eigenvalue weighted by atomic mass is 10.1. The number of rotatable bonds is 35. The summed E-state index contributed by atoms with van der Waals surface area (Å²) >= 11 is 0. The molecule has 0 spiro atoms. The summed E-state index contributed by atoms with van der Waals surface area (Å²) in [6.07, 6.45) is -0.0840. The Bertz CT molecular complexity index is 1210. The minimum absolute atomic E-state index is 0.0792. The van der Waals surface area contributed by atoms with Gasteiger partial charge in [-0.2, -0.15) is 8.42 Å². The van der Waals surface area contributed by atoms with Gasteiger partial charge in [0.25, 0.3) is 10.1 Å². The molecule has 0 radical (unpaired) electrons. The Kier molecular flexibility index (Phi) is 27.4. The molecular formula is C32H53F2NO16S. The zero-order valence-corrected chi connectivity index (χ0v) is 30.7. The van der Waals surface area contributed by atoms with Crippen molar-refractivity contribution in [2.45, 2.75) is 31.6 Å². The van der Waals surface area contributed by atoms with Crippen molar-refractivity contribution >= 4 is 22.0 Å². The molecule has 0 aliphatic heterocycles. The molecule has 0 saturated carbocycles. The number of carbonyl (C=O) groups excluding carboxylic acids is 2. The van der Waals surface area contributed by atoms with Crippen LogP contribution >= 0.6 is 0 Å². The lowest BCUT2D eigenvalue weighted by Gasteiger charge is -2.14. The first-order chi connectivity index (χ1) is 25.0. The maximum atomic E-state index is 14.5. The Morgan fingerprint density at radius 3 is 1.10 bits per heavy atom. The van der Waals surface area contributed by atoms with Crippen LogP contribution in [0.2, 0.25) is 0 Å². The molecule has 52 heavy (non-hydrogen) atoms. The number of carbonyl (C=O) groups is 2. The first-order valence-electron chi connectivity index (χ1n) is 16.7. The molecule has 1 amide bonds. The molecule has 0 atom stereocenters. The maximum absolute atomic E-state index is 14.5. The molecule has 0 aliphatic carbocycles. The van der Waals surface area contributed by atoms with E-state index in [9.17, 15) is 26.8 Å². The molecule has 17 nitrogen and oxygen atoms in total. The molecule has 0 saturated heterocycles. The summed E-state index contributed by atoms with van der Waals surface area (Å²) in [6, 6.07) is 0. The molecule has 20 heteroatoms. The number of hydrogen-bond acceptors (Lipinski definition) is 15. The van der Waals surface area contributed by atoms with E-state index in [1.165, 1.54) is 0 Å². The van der Waals surface area contributed by atoms with E-state index in [0.29, 0.717) is 112 Å². The van der Waals surface area contributed by atoms with Crippen molar-refractivity contribution in [1.29, 1.82) is 0 Å². The fourth-order valence-corrected chi connectivity index (χ4v) is 4.73. The van der Waals surface area contributed by atoms with Gasteiger partial charge in [0.1, 0.15) is 4.90 Å². The van der Waals surface area contributed by atoms with E-state index in [1.807, 2.05) is 0 Å². The molecule has 1 rings (SSSR count). The molecule has 3 N–H and O–H groups in total. The third kappa shape index (κ3) is 23.2. The third-order valence-corrected chi connectivity index (χ3v) is 7.50. The summed E-state index contributed by atoms with van der Waals surface area (Å²) in [4.78, 5) is 21.4. The summed E-state index contributed by atoms with van der Waals surface area (Å²) < 4.78 is 119. The van der Waals surface area contributed by atoms with E-state index in [-0.39, 0.29) is 32.7 Å². The van der Waals surface area contributed by atoms with Crippen molar-refractivity contribution in [3.8, 4) is 5.75 Å². The summed E-state index contributed by atoms with van der Waals surface area (Å²) in [7, 11) is -5.02. The van der Waals surface area contributed by atoms with Gasteiger partial charge in [0, 0.05) is 17.5 Å². The number of halogens is 2. The summed E-state index contributed by atoms with van der Waals surface area (Å²) in [5.41, 5.74) is 3.73. The highest BCUT2D eigenvalue weighted by molar-refractivity contribution is 7.85. The fraction of sp³-hybridized carbons (Fsp3) is 0.750. The lowest BCUT2D eigenvalue weighted by Crippen LogP contribution is -2.17. The molecule has 1 aromatic carbocycles. The Morgan fingerprint density at radius 1 is 0.519 bits per heavy atom. The highest BCUT2D eigenvalue weighted by atomic mass is 32.2. The largest absolute Gasteiger partial charge is 0.423 e. The highest BCUT2D eigenvalue weighted by Gasteiger charge is 2.29. The van der Waals surface area contributed by atoms with Crippen LogP contribution in [0.1, 0.15) is 24.0 Å². The van der Waals surface area contributed by atoms with Crippen LogP contribution in [-0.4, -0.2) is 157 Å². The van der Waals surface area contributed by atoms with E-state index < -0.39 is 55.4 Å². The van der Waals surface area contributed by atoms with Crippen molar-refractivity contribution in [3.05, 3.63) is 22.8 Å². The smallest absolute Gasteiger partial charge is 0.313 e. The minimum Gasteiger partial charge on any atom is -0.423 e. The molecular weight excluding hydrogens is 724 g/mol. The van der Waals surface area contributed by atoms with Crippen LogP contribution in [0.3, 0.4) is 0 Å². The van der Waals surface area contributed by atoms with Gasteiger partial charge < -0.3 is 57.8 Å². The molecule has 0 aliphatic rings. The van der Waals surface area contributed by atoms with Crippen molar-refractivity contribution in [2.24, 2.45) is 5.73 Å². The first-order valence-corrected chi connectivity index (χ1v) is 18.1. The average Bonchev–Trinajstić information content (AvgIpc) is 3.09. The van der Waals surface area contributed by atoms with Gasteiger partial charge in [-0.25, -0.2) is 8.78 Å². The van der Waals surface area contributed by atoms with Gasteiger partial charge in [0.05, 0.1) is 139 Å². The van der Waals surface area contributed by atoms with Crippen LogP contribution in [0.4, 0.5) is 8.78 Å². The second-order valence-electron chi connectivity index (χ2n) is 10.6. The Balaban J connectivity index is 1.82. The Morgan fingerprint density at radius 2 is 0.808 bits per heavy atom. The van der Waals surface area contributed by atoms with E-state index in [1.54, 1.807) is 0 Å². The number of benzene rings is 1. The van der Waals surface area contributed by atoms with Crippen molar-refractivity contribution in [2.75, 3.05) is 132 Å². The third-order valence-electron chi connectivity index (χ3n) is 6.50. The number of esters is 1. The van der Waals surface area contributed by atoms with Crippen LogP contribution in [0, 0.1) is 25.5 Å². The minimum atomic E-state index is -5.02. The van der Waals surface area contributed by atoms with E-state index >= 15 is 0 Å². The van der Waals surface area contributed by atoms with Gasteiger partial charge in [-0.1, -0.05) is 0 Å². The predicted octanol–water partition coefficient (Wildman–Crippen LogP) is 1.17. The molecule has 0 aromatic heterocycles. The zero-order chi connectivity index (χ0) is 38.5. The molecule has 0 heterocycles. The summed E-state index contributed by atoms with van der Waals surface area (Å²) in [5.74, 6) is -4.75. The van der Waals surface area contributed by atoms with E-state index in [4.69, 9.17) is 62.4 Å². The highest BCUT2D eigenvalue weighted by Crippen LogP contribution is 2.33. The van der Waals surface area contributed by atoms with Crippen LogP contribution in [-0.2, 0) is 67.1 Å². The summed E-state index contributed by atoms with van der Waals surface area (Å²) in [5, 5.41) is 0. The number of hydrogen-bond donors (Lipinski definition) is 2. The van der Waals surface area contributed by atoms with Crippen LogP contribution in [0.5, 0.6) is 5.75 Å². The quantitative estimate of drug-likeness (QED) is 0.0428. The monoisotopic (exact) mass is 777 g/mol. The molecule has 0 bridgehead atoms. The van der Waals surface area contributed by atoms with Crippen LogP contribution in [0.25, 0.3) is 0 Å². The zero-order valence-electron chi connectivity index (χ0n) is 29.9. The number of nitrogens with two attached hydrogens (primary N) is 1. The SMILES string of the molecule is Cc1c(F)c(S(=O)(=O)O)c(C)c(F)c1OC(=O)CCOCCOCCOCCOCCOCCOCCOCCOCCOCCOCCC(N)=O. The van der Waals surface area contributed by atoms with Crippen molar-refractivity contribution < 1.29 is 83.4 Å². The first kappa shape index (κ1) is 47.6. The normalized spacial score (nSPS) is 11.7. The van der Waals surface area contributed by atoms with E-state index in [2.05, 4.69) is 0 Å². The topological polar surface area (TPSA) is 216 Å². The van der Waals surface area contributed by atoms with Crippen molar-refractivity contribution in [3.63, 3.8) is 0 Å². The van der Waals surface area contributed by atoms with Gasteiger partial charge in [-0.15, -0.1) is 0 Å². The van der Waals surface area contributed by atoms with Gasteiger partial charge in [0.15, 0.2) is 17.4 Å². The van der Waals surface area contributed by atoms with Crippen molar-refractivity contribution in [1.82, 2.24) is 0 Å². The average molecular weight is 778 g/mol. The standard InChI is InChI=1S/C32H53F2NO16S/c1-25-30(34)32(52(38,39)40)26(2)29(33)31(25)51-28(37)4-6-42-8-10-44-12-14-46-16-18-48-20-22-50-24-23-49-21-19-47-17-15-45-13-11-43-9-7-41-5-3-27(35)36/h3-24H2,1-2H3,(H2,35,36)(H,38,39,40). The molecule has 1 aromatic rings. The van der Waals surface area contributed by atoms with Gasteiger partial charge >= 0.3 is 5.97 Å². The number of amides is 1. The number of ether oxygens (including phenoxy) is 11. The maximum Gasteiger partial charge on any atom is 0.313 e. The molecule has 302 valence electrons. The molecule has 0 unspecified atom stereocenters. The second kappa shape index (κ2) is 29.9.